The number of urea groups is 1. The van der Waals surface area contributed by atoms with Crippen molar-refractivity contribution in [1.29, 1.82) is 0 Å². The maximum Gasteiger partial charge on any atom is 0.315 e. The van der Waals surface area contributed by atoms with Gasteiger partial charge >= 0.3 is 6.03 Å². The zero-order valence-corrected chi connectivity index (χ0v) is 14.5. The molecule has 2 amide bonds. The molecule has 0 saturated heterocycles. The lowest BCUT2D eigenvalue weighted by Crippen LogP contribution is -2.40. The number of likely N-dealkylation sites (N-methyl/N-ethyl adjacent to an activating group) is 1. The average molecular weight is 350 g/mol. The van der Waals surface area contributed by atoms with E-state index in [0.717, 1.165) is 11.1 Å². The molecule has 2 aromatic carbocycles. The maximum atomic E-state index is 12.8. The van der Waals surface area contributed by atoms with Gasteiger partial charge in [-0.2, -0.15) is 0 Å². The lowest BCUT2D eigenvalue weighted by atomic mass is 10.1. The number of carbonyl (C=O) groups excluding carboxylic acids is 1. The van der Waals surface area contributed by atoms with Crippen molar-refractivity contribution in [3.05, 3.63) is 70.5 Å². The number of halogens is 2. The number of carbonyl (C=O) groups is 1. The SMILES string of the molecule is CN(C)C(CNC(=O)NCc1ccc(F)cc1)c1ccccc1Cl. The Labute approximate surface area is 146 Å². The van der Waals surface area contributed by atoms with Crippen molar-refractivity contribution < 1.29 is 9.18 Å². The van der Waals surface area contributed by atoms with Gasteiger partial charge in [0.25, 0.3) is 0 Å². The molecule has 2 rings (SSSR count). The molecule has 6 heteroatoms. The fraction of sp³-hybridized carbons (Fsp3) is 0.278. The number of nitrogens with zero attached hydrogens (tertiary/aromatic N) is 1. The Morgan fingerprint density at radius 3 is 2.42 bits per heavy atom. The van der Waals surface area contributed by atoms with E-state index >= 15 is 0 Å². The molecule has 0 radical (unpaired) electrons. The van der Waals surface area contributed by atoms with Gasteiger partial charge in [-0.3, -0.25) is 0 Å². The van der Waals surface area contributed by atoms with Crippen LogP contribution in [-0.2, 0) is 6.54 Å². The van der Waals surface area contributed by atoms with Crippen LogP contribution in [0.25, 0.3) is 0 Å². The van der Waals surface area contributed by atoms with E-state index in [1.54, 1.807) is 12.1 Å². The highest BCUT2D eigenvalue weighted by atomic mass is 35.5. The van der Waals surface area contributed by atoms with Gasteiger partial charge in [0.15, 0.2) is 0 Å². The summed E-state index contributed by atoms with van der Waals surface area (Å²) in [4.78, 5) is 14.0. The van der Waals surface area contributed by atoms with Crippen molar-refractivity contribution >= 4 is 17.6 Å². The number of amides is 2. The average Bonchev–Trinajstić information content (AvgIpc) is 2.56. The van der Waals surface area contributed by atoms with Crippen LogP contribution in [0.1, 0.15) is 17.2 Å². The second-order valence-corrected chi connectivity index (χ2v) is 6.10. The molecule has 0 fully saturated rings. The van der Waals surface area contributed by atoms with Gasteiger partial charge in [-0.25, -0.2) is 9.18 Å². The Balaban J connectivity index is 1.88. The van der Waals surface area contributed by atoms with E-state index in [1.807, 2.05) is 43.3 Å². The van der Waals surface area contributed by atoms with E-state index < -0.39 is 0 Å². The minimum atomic E-state index is -0.295. The van der Waals surface area contributed by atoms with Crippen molar-refractivity contribution in [2.24, 2.45) is 0 Å². The lowest BCUT2D eigenvalue weighted by molar-refractivity contribution is 0.232. The molecule has 0 saturated carbocycles. The van der Waals surface area contributed by atoms with Crippen LogP contribution in [0, 0.1) is 5.82 Å². The van der Waals surface area contributed by atoms with Crippen molar-refractivity contribution in [1.82, 2.24) is 15.5 Å². The van der Waals surface area contributed by atoms with E-state index in [2.05, 4.69) is 10.6 Å². The van der Waals surface area contributed by atoms with E-state index in [4.69, 9.17) is 11.6 Å². The van der Waals surface area contributed by atoms with Gasteiger partial charge in [0.05, 0.1) is 6.04 Å². The molecule has 0 aliphatic carbocycles. The van der Waals surface area contributed by atoms with Gasteiger partial charge in [0.1, 0.15) is 5.82 Å². The standard InChI is InChI=1S/C18H21ClFN3O/c1-23(2)17(15-5-3-4-6-16(15)19)12-22-18(24)21-11-13-7-9-14(20)10-8-13/h3-10,17H,11-12H2,1-2H3,(H2,21,22,24). The molecule has 2 aromatic rings. The molecule has 0 heterocycles. The predicted octanol–water partition coefficient (Wildman–Crippen LogP) is 3.58. The highest BCUT2D eigenvalue weighted by molar-refractivity contribution is 6.31. The first-order valence-electron chi connectivity index (χ1n) is 7.64. The molecule has 128 valence electrons. The molecule has 24 heavy (non-hydrogen) atoms. The van der Waals surface area contributed by atoms with Gasteiger partial charge in [-0.1, -0.05) is 41.9 Å². The summed E-state index contributed by atoms with van der Waals surface area (Å²) in [5.41, 5.74) is 1.80. The number of hydrogen-bond donors (Lipinski definition) is 2. The first-order valence-corrected chi connectivity index (χ1v) is 8.02. The van der Waals surface area contributed by atoms with Crippen LogP contribution < -0.4 is 10.6 Å². The van der Waals surface area contributed by atoms with Crippen LogP contribution in [-0.4, -0.2) is 31.6 Å². The molecule has 0 aliphatic rings. The maximum absolute atomic E-state index is 12.8. The smallest absolute Gasteiger partial charge is 0.315 e. The fourth-order valence-corrected chi connectivity index (χ4v) is 2.61. The summed E-state index contributed by atoms with van der Waals surface area (Å²) in [6.07, 6.45) is 0. The van der Waals surface area contributed by atoms with Gasteiger partial charge in [0, 0.05) is 18.1 Å². The molecule has 0 aliphatic heterocycles. The van der Waals surface area contributed by atoms with E-state index in [-0.39, 0.29) is 17.9 Å². The molecule has 0 aromatic heterocycles. The van der Waals surface area contributed by atoms with Crippen molar-refractivity contribution in [2.45, 2.75) is 12.6 Å². The van der Waals surface area contributed by atoms with Crippen LogP contribution in [0.5, 0.6) is 0 Å². The second-order valence-electron chi connectivity index (χ2n) is 5.69. The van der Waals surface area contributed by atoms with Crippen LogP contribution in [0.15, 0.2) is 48.5 Å². The largest absolute Gasteiger partial charge is 0.336 e. The normalized spacial score (nSPS) is 12.0. The van der Waals surface area contributed by atoms with E-state index in [0.29, 0.717) is 18.1 Å². The molecule has 1 unspecified atom stereocenters. The summed E-state index contributed by atoms with van der Waals surface area (Å²) in [6.45, 7) is 0.761. The highest BCUT2D eigenvalue weighted by Gasteiger charge is 2.17. The predicted molar refractivity (Wildman–Crippen MR) is 94.5 cm³/mol. The lowest BCUT2D eigenvalue weighted by Gasteiger charge is -2.26. The third kappa shape index (κ3) is 5.22. The molecule has 2 N–H and O–H groups in total. The molecule has 1 atom stereocenters. The quantitative estimate of drug-likeness (QED) is 0.837. The number of nitrogens with one attached hydrogen (secondary N) is 2. The number of hydrogen-bond acceptors (Lipinski definition) is 2. The molecule has 0 bridgehead atoms. The highest BCUT2D eigenvalue weighted by Crippen LogP contribution is 2.25. The number of benzene rings is 2. The summed E-state index contributed by atoms with van der Waals surface area (Å²) in [7, 11) is 3.87. The Morgan fingerprint density at radius 2 is 1.79 bits per heavy atom. The Morgan fingerprint density at radius 1 is 1.12 bits per heavy atom. The topological polar surface area (TPSA) is 44.4 Å². The zero-order chi connectivity index (χ0) is 17.5. The zero-order valence-electron chi connectivity index (χ0n) is 13.7. The van der Waals surface area contributed by atoms with Gasteiger partial charge < -0.3 is 15.5 Å². The van der Waals surface area contributed by atoms with Crippen LogP contribution in [0.2, 0.25) is 5.02 Å². The van der Waals surface area contributed by atoms with Crippen molar-refractivity contribution in [3.8, 4) is 0 Å². The van der Waals surface area contributed by atoms with Gasteiger partial charge in [-0.15, -0.1) is 0 Å². The van der Waals surface area contributed by atoms with E-state index in [1.165, 1.54) is 12.1 Å². The fourth-order valence-electron chi connectivity index (χ4n) is 2.35. The Hall–Kier alpha value is -2.11. The second kappa shape index (κ2) is 8.66. The van der Waals surface area contributed by atoms with Crippen molar-refractivity contribution in [3.63, 3.8) is 0 Å². The van der Waals surface area contributed by atoms with E-state index in [9.17, 15) is 9.18 Å². The minimum Gasteiger partial charge on any atom is -0.336 e. The van der Waals surface area contributed by atoms with Crippen LogP contribution in [0.3, 0.4) is 0 Å². The third-order valence-electron chi connectivity index (χ3n) is 3.71. The molecule has 0 spiro atoms. The summed E-state index contributed by atoms with van der Waals surface area (Å²) in [6, 6.07) is 13.3. The van der Waals surface area contributed by atoms with Gasteiger partial charge in [-0.05, 0) is 43.4 Å². The Bertz CT molecular complexity index is 676. The summed E-state index contributed by atoms with van der Waals surface area (Å²) in [5, 5.41) is 6.27. The monoisotopic (exact) mass is 349 g/mol. The van der Waals surface area contributed by atoms with Crippen molar-refractivity contribution in [2.75, 3.05) is 20.6 Å². The third-order valence-corrected chi connectivity index (χ3v) is 4.05. The van der Waals surface area contributed by atoms with Gasteiger partial charge in [0.2, 0.25) is 0 Å². The first kappa shape index (κ1) is 18.2. The summed E-state index contributed by atoms with van der Waals surface area (Å²) in [5.74, 6) is -0.295. The minimum absolute atomic E-state index is 0.0322. The molecular weight excluding hydrogens is 329 g/mol. The Kier molecular flexibility index (Phi) is 6.58. The van der Waals surface area contributed by atoms with Crippen LogP contribution >= 0.6 is 11.6 Å². The first-order chi connectivity index (χ1) is 11.5. The number of rotatable bonds is 6. The molecule has 4 nitrogen and oxygen atoms in total. The molecular formula is C18H21ClFN3O. The summed E-state index contributed by atoms with van der Waals surface area (Å²) < 4.78 is 12.8. The summed E-state index contributed by atoms with van der Waals surface area (Å²) >= 11 is 6.25. The van der Waals surface area contributed by atoms with Crippen LogP contribution in [0.4, 0.5) is 9.18 Å².